The highest BCUT2D eigenvalue weighted by molar-refractivity contribution is 5.81. The molecule has 0 spiro atoms. The van der Waals surface area contributed by atoms with Gasteiger partial charge >= 0.3 is 0 Å². The smallest absolute Gasteiger partial charge is 0.256 e. The number of hydrogen-bond acceptors (Lipinski definition) is 3. The lowest BCUT2D eigenvalue weighted by atomic mass is 9.90. The molecule has 0 unspecified atom stereocenters. The first-order chi connectivity index (χ1) is 9.27. The molecule has 0 saturated carbocycles. The molecule has 5 nitrogen and oxygen atoms in total. The lowest BCUT2D eigenvalue weighted by Gasteiger charge is -2.31. The van der Waals surface area contributed by atoms with E-state index in [2.05, 4.69) is 10.4 Å². The second-order valence-electron chi connectivity index (χ2n) is 5.66. The van der Waals surface area contributed by atoms with E-state index in [-0.39, 0.29) is 11.6 Å². The highest BCUT2D eigenvalue weighted by Crippen LogP contribution is 2.28. The van der Waals surface area contributed by atoms with E-state index in [1.165, 1.54) is 17.4 Å². The van der Waals surface area contributed by atoms with E-state index in [9.17, 15) is 4.79 Å². The number of pyridine rings is 1. The predicted molar refractivity (Wildman–Crippen MR) is 73.5 cm³/mol. The average molecular weight is 258 g/mol. The topological polar surface area (TPSA) is 51.9 Å². The van der Waals surface area contributed by atoms with E-state index in [0.29, 0.717) is 0 Å². The minimum absolute atomic E-state index is 0.220. The molecule has 0 atom stereocenters. The number of rotatable bonds is 1. The fourth-order valence-electron chi connectivity index (χ4n) is 3.40. The summed E-state index contributed by atoms with van der Waals surface area (Å²) in [6.45, 7) is 1.78. The summed E-state index contributed by atoms with van der Waals surface area (Å²) in [7, 11) is 1.93. The molecule has 1 fully saturated rings. The Kier molecular flexibility index (Phi) is 2.33. The summed E-state index contributed by atoms with van der Waals surface area (Å²) < 4.78 is 3.83. The van der Waals surface area contributed by atoms with Gasteiger partial charge in [-0.05, 0) is 31.2 Å². The maximum absolute atomic E-state index is 12.8. The van der Waals surface area contributed by atoms with Gasteiger partial charge in [0.05, 0.1) is 12.2 Å². The lowest BCUT2D eigenvalue weighted by Crippen LogP contribution is -2.48. The Hall–Kier alpha value is -1.62. The highest BCUT2D eigenvalue weighted by Gasteiger charge is 2.27. The first-order valence-electron chi connectivity index (χ1n) is 7.06. The third-order valence-corrected chi connectivity index (χ3v) is 4.53. The van der Waals surface area contributed by atoms with E-state index in [1.54, 1.807) is 0 Å². The molecule has 0 bridgehead atoms. The Morgan fingerprint density at radius 1 is 1.26 bits per heavy atom. The molecule has 2 aromatic heterocycles. The molecule has 0 radical (unpaired) electrons. The van der Waals surface area contributed by atoms with Gasteiger partial charge < -0.3 is 5.32 Å². The van der Waals surface area contributed by atoms with Crippen molar-refractivity contribution < 1.29 is 0 Å². The third kappa shape index (κ3) is 1.45. The van der Waals surface area contributed by atoms with Crippen molar-refractivity contribution in [1.82, 2.24) is 19.7 Å². The largest absolute Gasteiger partial charge is 0.313 e. The summed E-state index contributed by atoms with van der Waals surface area (Å²) in [5.41, 5.74) is 3.51. The molecule has 4 rings (SSSR count). The van der Waals surface area contributed by atoms with Crippen LogP contribution in [0.15, 0.2) is 11.0 Å². The van der Waals surface area contributed by atoms with Gasteiger partial charge in [0.1, 0.15) is 5.65 Å². The number of fused-ring (bicyclic) bond motifs is 3. The molecule has 19 heavy (non-hydrogen) atoms. The molecule has 3 heterocycles. The molecule has 1 saturated heterocycles. The summed E-state index contributed by atoms with van der Waals surface area (Å²) >= 11 is 0. The minimum atomic E-state index is 0.220. The maximum atomic E-state index is 12.8. The quantitative estimate of drug-likeness (QED) is 0.821. The minimum Gasteiger partial charge on any atom is -0.313 e. The third-order valence-electron chi connectivity index (χ3n) is 4.53. The average Bonchev–Trinajstić information content (AvgIpc) is 2.74. The molecule has 100 valence electrons. The standard InChI is InChI=1S/C14H18N4O/c1-17-13-12(8-16-17)10-4-2-3-5-11(10)14(19)18(13)9-6-15-7-9/h8-9,15H,2-7H2,1H3. The zero-order valence-electron chi connectivity index (χ0n) is 11.1. The van der Waals surface area contributed by atoms with Crippen LogP contribution in [0, 0.1) is 0 Å². The molecule has 1 aliphatic heterocycles. The molecule has 0 aromatic carbocycles. The number of aromatic nitrogens is 3. The molecule has 2 aromatic rings. The Balaban J connectivity index is 2.11. The van der Waals surface area contributed by atoms with Crippen LogP contribution in [0.4, 0.5) is 0 Å². The molecule has 0 amide bonds. The Labute approximate surface area is 111 Å². The SMILES string of the molecule is Cn1ncc2c3c(c(=O)n(C4CNC4)c21)CCCC3. The lowest BCUT2D eigenvalue weighted by molar-refractivity contribution is 0.339. The van der Waals surface area contributed by atoms with Gasteiger partial charge in [-0.3, -0.25) is 14.0 Å². The fraction of sp³-hybridized carbons (Fsp3) is 0.571. The van der Waals surface area contributed by atoms with Crippen LogP contribution in [-0.4, -0.2) is 27.4 Å². The second kappa shape index (κ2) is 3.93. The van der Waals surface area contributed by atoms with Crippen molar-refractivity contribution in [2.24, 2.45) is 7.05 Å². The van der Waals surface area contributed by atoms with E-state index in [4.69, 9.17) is 0 Å². The van der Waals surface area contributed by atoms with Gasteiger partial charge in [-0.25, -0.2) is 0 Å². The number of nitrogens with one attached hydrogen (secondary N) is 1. The molecule has 1 aliphatic carbocycles. The van der Waals surface area contributed by atoms with Crippen molar-refractivity contribution in [3.05, 3.63) is 27.7 Å². The second-order valence-corrected chi connectivity index (χ2v) is 5.66. The summed E-state index contributed by atoms with van der Waals surface area (Å²) in [5.74, 6) is 0. The van der Waals surface area contributed by atoms with Gasteiger partial charge in [-0.15, -0.1) is 0 Å². The fourth-order valence-corrected chi connectivity index (χ4v) is 3.40. The van der Waals surface area contributed by atoms with Crippen LogP contribution in [0.2, 0.25) is 0 Å². The van der Waals surface area contributed by atoms with Gasteiger partial charge in [0.25, 0.3) is 5.56 Å². The van der Waals surface area contributed by atoms with Gasteiger partial charge in [-0.2, -0.15) is 5.10 Å². The summed E-state index contributed by atoms with van der Waals surface area (Å²) in [4.78, 5) is 12.8. The van der Waals surface area contributed by atoms with Crippen molar-refractivity contribution in [2.75, 3.05) is 13.1 Å². The van der Waals surface area contributed by atoms with Gasteiger partial charge in [0, 0.05) is 31.1 Å². The number of hydrogen-bond donors (Lipinski definition) is 1. The first-order valence-corrected chi connectivity index (χ1v) is 7.06. The number of nitrogens with zero attached hydrogens (tertiary/aromatic N) is 3. The van der Waals surface area contributed by atoms with Crippen molar-refractivity contribution >= 4 is 11.0 Å². The molecule has 2 aliphatic rings. The Bertz CT molecular complexity index is 708. The normalized spacial score (nSPS) is 19.4. The van der Waals surface area contributed by atoms with Crippen LogP contribution in [0.1, 0.15) is 30.0 Å². The van der Waals surface area contributed by atoms with Crippen molar-refractivity contribution in [1.29, 1.82) is 0 Å². The zero-order valence-corrected chi connectivity index (χ0v) is 11.1. The Morgan fingerprint density at radius 2 is 2.00 bits per heavy atom. The van der Waals surface area contributed by atoms with Crippen LogP contribution in [-0.2, 0) is 19.9 Å². The van der Waals surface area contributed by atoms with Crippen molar-refractivity contribution in [3.8, 4) is 0 Å². The van der Waals surface area contributed by atoms with Crippen molar-refractivity contribution in [2.45, 2.75) is 31.7 Å². The monoisotopic (exact) mass is 258 g/mol. The van der Waals surface area contributed by atoms with Crippen LogP contribution in [0.5, 0.6) is 0 Å². The van der Waals surface area contributed by atoms with E-state index in [1.807, 2.05) is 22.5 Å². The number of aryl methyl sites for hydroxylation is 2. The van der Waals surface area contributed by atoms with E-state index in [0.717, 1.165) is 43.6 Å². The maximum Gasteiger partial charge on any atom is 0.256 e. The highest BCUT2D eigenvalue weighted by atomic mass is 16.1. The molecular weight excluding hydrogens is 240 g/mol. The van der Waals surface area contributed by atoms with Crippen LogP contribution >= 0.6 is 0 Å². The predicted octanol–water partition coefficient (Wildman–Crippen LogP) is 0.758. The van der Waals surface area contributed by atoms with Gasteiger partial charge in [-0.1, -0.05) is 0 Å². The first kappa shape index (κ1) is 11.2. The van der Waals surface area contributed by atoms with E-state index >= 15 is 0 Å². The molecular formula is C14H18N4O. The van der Waals surface area contributed by atoms with E-state index < -0.39 is 0 Å². The van der Waals surface area contributed by atoms with Crippen molar-refractivity contribution in [3.63, 3.8) is 0 Å². The summed E-state index contributed by atoms with van der Waals surface area (Å²) in [5, 5.41) is 8.82. The zero-order chi connectivity index (χ0) is 13.0. The van der Waals surface area contributed by atoms with Crippen LogP contribution in [0.3, 0.4) is 0 Å². The van der Waals surface area contributed by atoms with Gasteiger partial charge in [0.15, 0.2) is 0 Å². The molecule has 1 N–H and O–H groups in total. The Morgan fingerprint density at radius 3 is 2.68 bits per heavy atom. The molecule has 5 heteroatoms. The van der Waals surface area contributed by atoms with Crippen LogP contribution in [0.25, 0.3) is 11.0 Å². The van der Waals surface area contributed by atoms with Crippen LogP contribution < -0.4 is 10.9 Å². The van der Waals surface area contributed by atoms with Gasteiger partial charge in [0.2, 0.25) is 0 Å². The summed E-state index contributed by atoms with van der Waals surface area (Å²) in [6.07, 6.45) is 6.21. The summed E-state index contributed by atoms with van der Waals surface area (Å²) in [6, 6.07) is 0.289.